The molecule has 0 heterocycles. The van der Waals surface area contributed by atoms with E-state index in [4.69, 9.17) is 15.3 Å². The molecule has 3 aromatic carbocycles. The van der Waals surface area contributed by atoms with Gasteiger partial charge in [-0.3, -0.25) is 0 Å². The monoisotopic (exact) mass is 500 g/mol. The first-order valence-corrected chi connectivity index (χ1v) is 8.13. The molecule has 31 heavy (non-hydrogen) atoms. The molecule has 0 bridgehead atoms. The first kappa shape index (κ1) is 27.6. The third-order valence-electron chi connectivity index (χ3n) is 3.35. The van der Waals surface area contributed by atoms with Crippen molar-refractivity contribution in [3.8, 4) is 17.2 Å². The minimum absolute atomic E-state index is 0. The number of hydrogen-bond acceptors (Lipinski definition) is 6. The van der Waals surface area contributed by atoms with E-state index in [1.807, 2.05) is 0 Å². The van der Waals surface area contributed by atoms with Crippen LogP contribution < -0.4 is 15.3 Å². The molecule has 0 aromatic heterocycles. The van der Waals surface area contributed by atoms with Gasteiger partial charge in [0, 0.05) is 0 Å². The smallest absolute Gasteiger partial charge is 0.872 e. The Balaban J connectivity index is 0.000000429. The van der Waals surface area contributed by atoms with E-state index in [2.05, 4.69) is 0 Å². The minimum Gasteiger partial charge on any atom is -0.872 e. The molecule has 0 fully saturated rings. The summed E-state index contributed by atoms with van der Waals surface area (Å²) in [7, 11) is 0. The van der Waals surface area contributed by atoms with Crippen LogP contribution in [0.25, 0.3) is 0 Å². The fraction of sp³-hybridized carbons (Fsp3) is 0. The number of benzene rings is 3. The summed E-state index contributed by atoms with van der Waals surface area (Å²) in [5.74, 6) is -4.87. The Kier molecular flexibility index (Phi) is 12.2. The van der Waals surface area contributed by atoms with E-state index < -0.39 is 35.2 Å². The van der Waals surface area contributed by atoms with Crippen molar-refractivity contribution in [2.24, 2.45) is 0 Å². The van der Waals surface area contributed by atoms with E-state index in [-0.39, 0.29) is 49.4 Å². The van der Waals surface area contributed by atoms with Crippen LogP contribution in [0.2, 0.25) is 0 Å². The summed E-state index contributed by atoms with van der Waals surface area (Å²) in [4.78, 5) is 30.7. The van der Waals surface area contributed by atoms with Gasteiger partial charge in [0.1, 0.15) is 0 Å². The van der Waals surface area contributed by atoms with Crippen molar-refractivity contribution in [3.05, 3.63) is 89.5 Å². The second-order valence-corrected chi connectivity index (χ2v) is 5.40. The van der Waals surface area contributed by atoms with Crippen molar-refractivity contribution in [3.63, 3.8) is 0 Å². The van der Waals surface area contributed by atoms with Crippen LogP contribution in [0.3, 0.4) is 0 Å². The molecule has 0 atom stereocenters. The number of carboxylic acids is 3. The molecular weight excluding hydrogens is 485 g/mol. The van der Waals surface area contributed by atoms with Crippen LogP contribution in [-0.4, -0.2) is 33.2 Å². The fourth-order valence-electron chi connectivity index (χ4n) is 1.93. The van der Waals surface area contributed by atoms with Gasteiger partial charge in [0.25, 0.3) is 0 Å². The van der Waals surface area contributed by atoms with E-state index >= 15 is 0 Å². The zero-order chi connectivity index (χ0) is 22.7. The van der Waals surface area contributed by atoms with Crippen molar-refractivity contribution < 1.29 is 77.7 Å². The van der Waals surface area contributed by atoms with Crippen molar-refractivity contribution in [1.82, 2.24) is 0 Å². The normalized spacial score (nSPS) is 8.90. The molecule has 0 aliphatic carbocycles. The van der Waals surface area contributed by atoms with Crippen molar-refractivity contribution >= 4 is 17.9 Å². The van der Waals surface area contributed by atoms with Crippen molar-refractivity contribution in [1.29, 1.82) is 0 Å². The second-order valence-electron chi connectivity index (χ2n) is 5.40. The second kappa shape index (κ2) is 13.7. The van der Waals surface area contributed by atoms with E-state index in [9.17, 15) is 29.7 Å². The number of hydrogen-bond donors (Lipinski definition) is 3. The summed E-state index contributed by atoms with van der Waals surface area (Å²) in [6, 6.07) is 16.6. The summed E-state index contributed by atoms with van der Waals surface area (Å²) in [6.07, 6.45) is 0. The summed E-state index contributed by atoms with van der Waals surface area (Å²) < 4.78 is 0. The maximum Gasteiger partial charge on any atom is 3.00 e. The molecule has 3 N–H and O–H groups in total. The summed E-state index contributed by atoms with van der Waals surface area (Å²) in [5.41, 5.74) is -0.535. The average molecular weight is 500 g/mol. The number of aromatic carboxylic acids is 3. The Hall–Kier alpha value is -3.43. The molecule has 3 aromatic rings. The molecule has 0 saturated carbocycles. The minimum atomic E-state index is -1.18. The quantitative estimate of drug-likeness (QED) is 0.479. The molecule has 0 amide bonds. The number of carbonyl (C=O) groups is 3. The molecular formula is C21H15O9Y. The molecule has 0 aliphatic rings. The van der Waals surface area contributed by atoms with E-state index in [0.29, 0.717) is 0 Å². The number of carboxylic acid groups (broad SMARTS) is 3. The first-order valence-electron chi connectivity index (χ1n) is 8.13. The Morgan fingerprint density at radius 2 is 0.677 bits per heavy atom. The molecule has 10 heteroatoms. The van der Waals surface area contributed by atoms with Gasteiger partial charge in [0.2, 0.25) is 0 Å². The third-order valence-corrected chi connectivity index (χ3v) is 3.35. The van der Waals surface area contributed by atoms with Crippen LogP contribution in [-0.2, 0) is 32.7 Å². The summed E-state index contributed by atoms with van der Waals surface area (Å²) in [6.45, 7) is 0. The summed E-state index contributed by atoms with van der Waals surface area (Å²) in [5, 5.41) is 57.1. The van der Waals surface area contributed by atoms with Gasteiger partial charge in [0.05, 0.1) is 16.7 Å². The third kappa shape index (κ3) is 9.28. The largest absolute Gasteiger partial charge is 3.00 e. The van der Waals surface area contributed by atoms with Gasteiger partial charge in [-0.25, -0.2) is 14.4 Å². The molecule has 0 radical (unpaired) electrons. The molecule has 0 saturated heterocycles. The van der Waals surface area contributed by atoms with Gasteiger partial charge < -0.3 is 30.6 Å². The molecule has 0 unspecified atom stereocenters. The van der Waals surface area contributed by atoms with Crippen LogP contribution in [0.1, 0.15) is 31.1 Å². The number of rotatable bonds is 3. The van der Waals surface area contributed by atoms with Crippen molar-refractivity contribution in [2.75, 3.05) is 0 Å². The van der Waals surface area contributed by atoms with E-state index in [0.717, 1.165) is 0 Å². The molecule has 0 spiro atoms. The van der Waals surface area contributed by atoms with E-state index in [1.54, 1.807) is 0 Å². The first-order chi connectivity index (χ1) is 14.1. The van der Waals surface area contributed by atoms with Crippen LogP contribution in [0, 0.1) is 0 Å². The van der Waals surface area contributed by atoms with E-state index in [1.165, 1.54) is 72.8 Å². The zero-order valence-corrected chi connectivity index (χ0v) is 18.6. The Morgan fingerprint density at radius 1 is 0.484 bits per heavy atom. The van der Waals surface area contributed by atoms with Crippen LogP contribution >= 0.6 is 0 Å². The number of para-hydroxylation sites is 3. The molecule has 9 nitrogen and oxygen atoms in total. The zero-order valence-electron chi connectivity index (χ0n) is 15.8. The van der Waals surface area contributed by atoms with Crippen LogP contribution in [0.5, 0.6) is 17.2 Å². The van der Waals surface area contributed by atoms with Crippen LogP contribution in [0.4, 0.5) is 0 Å². The Morgan fingerprint density at radius 3 is 0.806 bits per heavy atom. The maximum atomic E-state index is 10.7. The predicted molar refractivity (Wildman–Crippen MR) is 98.5 cm³/mol. The predicted octanol–water partition coefficient (Wildman–Crippen LogP) is 1.37. The van der Waals surface area contributed by atoms with Gasteiger partial charge >= 0.3 is 50.6 Å². The standard InChI is InChI=1S/3C7H6O3.Y/c3*8-6-4-2-1-3-5(6)7(9)10;/h3*1-4,8H,(H,9,10);/q;;;+3/p-3. The van der Waals surface area contributed by atoms with Gasteiger partial charge in [-0.2, -0.15) is 0 Å². The molecule has 0 aliphatic heterocycles. The van der Waals surface area contributed by atoms with Crippen molar-refractivity contribution in [2.45, 2.75) is 0 Å². The van der Waals surface area contributed by atoms with Gasteiger partial charge in [-0.15, -0.1) is 0 Å². The molecule has 156 valence electrons. The maximum absolute atomic E-state index is 10.7. The van der Waals surface area contributed by atoms with Crippen LogP contribution in [0.15, 0.2) is 72.8 Å². The average Bonchev–Trinajstić information content (AvgIpc) is 2.69. The Labute approximate surface area is 201 Å². The van der Waals surface area contributed by atoms with Gasteiger partial charge in [-0.1, -0.05) is 71.8 Å². The van der Waals surface area contributed by atoms with Gasteiger partial charge in [-0.05, 0) is 18.2 Å². The SMILES string of the molecule is O=C(O)c1ccccc1[O-].O=C(O)c1ccccc1[O-].O=C(O)c1ccccc1[O-].[Y+3]. The Bertz CT molecular complexity index is 903. The fourth-order valence-corrected chi connectivity index (χ4v) is 1.93. The topological polar surface area (TPSA) is 181 Å². The summed E-state index contributed by atoms with van der Waals surface area (Å²) >= 11 is 0. The van der Waals surface area contributed by atoms with Gasteiger partial charge in [0.15, 0.2) is 0 Å². The molecule has 3 rings (SSSR count).